The largest absolute Gasteiger partial charge is 0.479 e. The Kier molecular flexibility index (Phi) is 6.12. The molecule has 1 amide bonds. The number of amides is 1. The molecule has 0 aliphatic rings. The summed E-state index contributed by atoms with van der Waals surface area (Å²) in [5.41, 5.74) is 3.99. The van der Waals surface area contributed by atoms with Crippen molar-refractivity contribution in [1.29, 1.82) is 0 Å². The molecule has 0 bridgehead atoms. The fourth-order valence-electron chi connectivity index (χ4n) is 4.45. The van der Waals surface area contributed by atoms with Crippen molar-refractivity contribution in [3.8, 4) is 11.1 Å². The maximum atomic E-state index is 12.8. The number of nitrogens with one attached hydrogen (secondary N) is 1. The lowest BCUT2D eigenvalue weighted by Gasteiger charge is -2.15. The Morgan fingerprint density at radius 2 is 1.64 bits per heavy atom. The lowest BCUT2D eigenvalue weighted by Crippen LogP contribution is -2.34. The summed E-state index contributed by atoms with van der Waals surface area (Å²) in [7, 11) is 0. The Balaban J connectivity index is 1.43. The number of fused-ring (bicyclic) bond motifs is 2. The molecule has 0 saturated heterocycles. The molecule has 0 fully saturated rings. The molecular weight excluding hydrogens is 458 g/mol. The topological polar surface area (TPSA) is 110 Å². The third-order valence-corrected chi connectivity index (χ3v) is 6.35. The van der Waals surface area contributed by atoms with Gasteiger partial charge in [-0.05, 0) is 36.1 Å². The van der Waals surface area contributed by atoms with Crippen molar-refractivity contribution in [3.63, 3.8) is 0 Å². The summed E-state index contributed by atoms with van der Waals surface area (Å²) >= 11 is 0. The van der Waals surface area contributed by atoms with Gasteiger partial charge in [0.25, 0.3) is 0 Å². The second-order valence-electron chi connectivity index (χ2n) is 8.60. The Labute approximate surface area is 206 Å². The van der Waals surface area contributed by atoms with Crippen LogP contribution in [0.25, 0.3) is 33.1 Å². The molecule has 36 heavy (non-hydrogen) atoms. The van der Waals surface area contributed by atoms with Crippen molar-refractivity contribution in [3.05, 3.63) is 106 Å². The molecule has 2 aromatic heterocycles. The van der Waals surface area contributed by atoms with E-state index in [1.807, 2.05) is 43.3 Å². The van der Waals surface area contributed by atoms with Gasteiger partial charge in [-0.15, -0.1) is 0 Å². The summed E-state index contributed by atoms with van der Waals surface area (Å²) in [6.07, 6.45) is 1.74. The first-order valence-electron chi connectivity index (χ1n) is 11.5. The lowest BCUT2D eigenvalue weighted by molar-refractivity contribution is -0.142. The van der Waals surface area contributed by atoms with Gasteiger partial charge in [-0.25, -0.2) is 9.59 Å². The Morgan fingerprint density at radius 1 is 0.944 bits per heavy atom. The zero-order chi connectivity index (χ0) is 25.2. The molecule has 2 N–H and O–H groups in total. The van der Waals surface area contributed by atoms with E-state index in [-0.39, 0.29) is 12.8 Å². The van der Waals surface area contributed by atoms with Gasteiger partial charge in [0.1, 0.15) is 11.2 Å². The van der Waals surface area contributed by atoms with Gasteiger partial charge in [0, 0.05) is 34.4 Å². The number of benzene rings is 3. The van der Waals surface area contributed by atoms with Crippen molar-refractivity contribution in [2.75, 3.05) is 0 Å². The van der Waals surface area contributed by atoms with Crippen molar-refractivity contribution in [2.45, 2.75) is 25.8 Å². The number of furan rings is 1. The summed E-state index contributed by atoms with van der Waals surface area (Å²) in [4.78, 5) is 37.1. The molecule has 1 atom stereocenters. The number of hydrogen-bond acceptors (Lipinski definition) is 5. The number of carbonyl (C=O) groups is 2. The highest BCUT2D eigenvalue weighted by Crippen LogP contribution is 2.34. The van der Waals surface area contributed by atoms with Crippen LogP contribution < -0.4 is 10.9 Å². The third-order valence-electron chi connectivity index (χ3n) is 6.35. The van der Waals surface area contributed by atoms with Crippen LogP contribution in [0.1, 0.15) is 29.2 Å². The van der Waals surface area contributed by atoms with Crippen molar-refractivity contribution in [1.82, 2.24) is 5.32 Å². The van der Waals surface area contributed by atoms with Gasteiger partial charge in [-0.3, -0.25) is 4.79 Å². The predicted molar refractivity (Wildman–Crippen MR) is 136 cm³/mol. The predicted octanol–water partition coefficient (Wildman–Crippen LogP) is 5.39. The number of carboxylic acids is 1. The van der Waals surface area contributed by atoms with Crippen LogP contribution in [-0.2, 0) is 16.0 Å². The molecule has 3 aromatic carbocycles. The maximum absolute atomic E-state index is 12.8. The van der Waals surface area contributed by atoms with Gasteiger partial charge in [0.05, 0.1) is 6.26 Å². The molecular formula is C29H23NO6. The molecule has 7 heteroatoms. The molecule has 0 aliphatic carbocycles. The number of aryl methyl sites for hydroxylation is 1. The van der Waals surface area contributed by atoms with Crippen LogP contribution in [0.2, 0.25) is 0 Å². The Morgan fingerprint density at radius 3 is 2.33 bits per heavy atom. The van der Waals surface area contributed by atoms with Gasteiger partial charge in [0.2, 0.25) is 5.91 Å². The summed E-state index contributed by atoms with van der Waals surface area (Å²) in [6.45, 7) is 1.82. The zero-order valence-corrected chi connectivity index (χ0v) is 19.5. The van der Waals surface area contributed by atoms with Crippen LogP contribution in [0.15, 0.2) is 92.7 Å². The lowest BCUT2D eigenvalue weighted by atomic mass is 9.98. The highest BCUT2D eigenvalue weighted by molar-refractivity contribution is 6.02. The number of carboxylic acid groups (broad SMARTS) is 1. The zero-order valence-electron chi connectivity index (χ0n) is 19.5. The maximum Gasteiger partial charge on any atom is 0.339 e. The molecule has 5 rings (SSSR count). The van der Waals surface area contributed by atoms with E-state index >= 15 is 0 Å². The molecule has 2 heterocycles. The molecule has 180 valence electrons. The summed E-state index contributed by atoms with van der Waals surface area (Å²) in [5.74, 6) is -1.63. The van der Waals surface area contributed by atoms with Crippen LogP contribution in [0.4, 0.5) is 0 Å². The fraction of sp³-hybridized carbons (Fsp3) is 0.138. The number of rotatable bonds is 7. The van der Waals surface area contributed by atoms with E-state index in [2.05, 4.69) is 5.32 Å². The molecule has 0 radical (unpaired) electrons. The Hall–Kier alpha value is -4.65. The first-order chi connectivity index (χ1) is 17.4. The van der Waals surface area contributed by atoms with Crippen molar-refractivity contribution >= 4 is 33.8 Å². The van der Waals surface area contributed by atoms with E-state index in [1.54, 1.807) is 42.7 Å². The second kappa shape index (κ2) is 9.54. The Bertz CT molecular complexity index is 1630. The number of carbonyl (C=O) groups excluding carboxylic acids is 1. The average molecular weight is 482 g/mol. The first-order valence-corrected chi connectivity index (χ1v) is 11.5. The van der Waals surface area contributed by atoms with Crippen LogP contribution in [-0.4, -0.2) is 17.0 Å². The van der Waals surface area contributed by atoms with E-state index in [4.69, 9.17) is 8.83 Å². The van der Waals surface area contributed by atoms with Gasteiger partial charge in [-0.2, -0.15) is 0 Å². The van der Waals surface area contributed by atoms with Gasteiger partial charge >= 0.3 is 11.6 Å². The van der Waals surface area contributed by atoms with E-state index < -0.39 is 23.5 Å². The van der Waals surface area contributed by atoms with Crippen molar-refractivity contribution < 1.29 is 23.5 Å². The van der Waals surface area contributed by atoms with E-state index in [1.165, 1.54) is 0 Å². The molecule has 1 unspecified atom stereocenters. The van der Waals surface area contributed by atoms with Crippen LogP contribution in [0.5, 0.6) is 0 Å². The average Bonchev–Trinajstić information content (AvgIpc) is 3.30. The van der Waals surface area contributed by atoms with Crippen LogP contribution in [0, 0.1) is 6.92 Å². The van der Waals surface area contributed by atoms with E-state index in [0.29, 0.717) is 27.9 Å². The third kappa shape index (κ3) is 4.38. The second-order valence-corrected chi connectivity index (χ2v) is 8.60. The normalized spacial score (nSPS) is 12.0. The molecule has 0 saturated carbocycles. The molecule has 0 spiro atoms. The van der Waals surface area contributed by atoms with Gasteiger partial charge < -0.3 is 19.3 Å². The minimum atomic E-state index is -1.17. The summed E-state index contributed by atoms with van der Waals surface area (Å²) in [6, 6.07) is 20.8. The smallest absolute Gasteiger partial charge is 0.339 e. The minimum absolute atomic E-state index is 0.0586. The fourth-order valence-corrected chi connectivity index (χ4v) is 4.45. The number of hydrogen-bond donors (Lipinski definition) is 2. The SMILES string of the molecule is Cc1c(CCC(=O)NC(C(=O)O)c2ccccc2)c(=O)oc2cc3occ(-c4ccccc4)c3cc12. The highest BCUT2D eigenvalue weighted by atomic mass is 16.4. The van der Waals surface area contributed by atoms with E-state index in [9.17, 15) is 19.5 Å². The summed E-state index contributed by atoms with van der Waals surface area (Å²) < 4.78 is 11.3. The standard InChI is InChI=1S/C29H23NO6/c1-17-20(12-13-26(31)30-27(28(32)33)19-10-6-3-7-11-19)29(34)36-25-15-24-22(14-21(17)25)23(16-35-24)18-8-4-2-5-9-18/h2-11,14-16,27H,12-13H2,1H3,(H,30,31)(H,32,33). The molecule has 5 aromatic rings. The summed E-state index contributed by atoms with van der Waals surface area (Å²) in [5, 5.41) is 13.7. The first kappa shape index (κ1) is 23.1. The van der Waals surface area contributed by atoms with Crippen LogP contribution >= 0.6 is 0 Å². The van der Waals surface area contributed by atoms with E-state index in [0.717, 1.165) is 21.9 Å². The van der Waals surface area contributed by atoms with Crippen molar-refractivity contribution in [2.24, 2.45) is 0 Å². The van der Waals surface area contributed by atoms with Gasteiger partial charge in [-0.1, -0.05) is 60.7 Å². The van der Waals surface area contributed by atoms with Gasteiger partial charge in [0.15, 0.2) is 6.04 Å². The highest BCUT2D eigenvalue weighted by Gasteiger charge is 2.22. The minimum Gasteiger partial charge on any atom is -0.479 e. The number of aliphatic carboxylic acids is 1. The molecule has 7 nitrogen and oxygen atoms in total. The molecule has 0 aliphatic heterocycles. The quantitative estimate of drug-likeness (QED) is 0.302. The monoisotopic (exact) mass is 481 g/mol. The van der Waals surface area contributed by atoms with Crippen LogP contribution in [0.3, 0.4) is 0 Å².